The van der Waals surface area contributed by atoms with Gasteiger partial charge in [-0.05, 0) is 49.1 Å². The summed E-state index contributed by atoms with van der Waals surface area (Å²) in [4.78, 5) is 12.4. The summed E-state index contributed by atoms with van der Waals surface area (Å²) in [6.07, 6.45) is 10.7. The van der Waals surface area contributed by atoms with Gasteiger partial charge < -0.3 is 9.88 Å². The second kappa shape index (κ2) is 8.36. The van der Waals surface area contributed by atoms with Crippen molar-refractivity contribution in [1.82, 2.24) is 9.88 Å². The predicted octanol–water partition coefficient (Wildman–Crippen LogP) is 4.75. The third kappa shape index (κ3) is 4.19. The first-order valence-electron chi connectivity index (χ1n) is 9.59. The number of rotatable bonds is 7. The fourth-order valence-electron chi connectivity index (χ4n) is 3.99. The SMILES string of the molecule is CCCCC1CCC(C(=O)NCCn2ccc3ccccc32)CC1. The molecule has 0 bridgehead atoms. The van der Waals surface area contributed by atoms with Crippen LogP contribution in [0.25, 0.3) is 10.9 Å². The number of nitrogens with one attached hydrogen (secondary N) is 1. The molecule has 2 aromatic rings. The largest absolute Gasteiger partial charge is 0.354 e. The summed E-state index contributed by atoms with van der Waals surface area (Å²) in [5.41, 5.74) is 1.24. The number of hydrogen-bond acceptors (Lipinski definition) is 1. The second-order valence-electron chi connectivity index (χ2n) is 7.22. The topological polar surface area (TPSA) is 34.0 Å². The van der Waals surface area contributed by atoms with E-state index in [2.05, 4.69) is 53.3 Å². The van der Waals surface area contributed by atoms with Crippen molar-refractivity contribution in [2.45, 2.75) is 58.4 Å². The molecule has 0 saturated heterocycles. The van der Waals surface area contributed by atoms with Crippen LogP contribution in [-0.4, -0.2) is 17.0 Å². The van der Waals surface area contributed by atoms with Crippen LogP contribution in [-0.2, 0) is 11.3 Å². The van der Waals surface area contributed by atoms with Crippen LogP contribution in [0.5, 0.6) is 0 Å². The Hall–Kier alpha value is -1.77. The highest BCUT2D eigenvalue weighted by molar-refractivity contribution is 5.80. The van der Waals surface area contributed by atoms with Crippen molar-refractivity contribution in [2.24, 2.45) is 11.8 Å². The number of para-hydroxylation sites is 1. The molecule has 1 aliphatic rings. The van der Waals surface area contributed by atoms with Gasteiger partial charge in [-0.15, -0.1) is 0 Å². The lowest BCUT2D eigenvalue weighted by atomic mass is 9.79. The van der Waals surface area contributed by atoms with Crippen LogP contribution in [0.2, 0.25) is 0 Å². The second-order valence-corrected chi connectivity index (χ2v) is 7.22. The van der Waals surface area contributed by atoms with E-state index in [0.717, 1.165) is 25.3 Å². The van der Waals surface area contributed by atoms with Gasteiger partial charge in [0, 0.05) is 30.7 Å². The zero-order valence-electron chi connectivity index (χ0n) is 14.8. The molecule has 3 nitrogen and oxygen atoms in total. The van der Waals surface area contributed by atoms with Gasteiger partial charge in [0.25, 0.3) is 0 Å². The molecular formula is C21H30N2O. The highest BCUT2D eigenvalue weighted by atomic mass is 16.1. The van der Waals surface area contributed by atoms with Crippen molar-refractivity contribution in [3.8, 4) is 0 Å². The number of unbranched alkanes of at least 4 members (excludes halogenated alkanes) is 1. The standard InChI is InChI=1S/C21H30N2O/c1-2-3-6-17-9-11-19(12-10-17)21(24)22-14-16-23-15-13-18-7-4-5-8-20(18)23/h4-5,7-8,13,15,17,19H,2-3,6,9-12,14,16H2,1H3,(H,22,24). The van der Waals surface area contributed by atoms with Crippen molar-refractivity contribution in [1.29, 1.82) is 0 Å². The molecule has 1 heterocycles. The van der Waals surface area contributed by atoms with E-state index in [1.54, 1.807) is 0 Å². The molecule has 0 unspecified atom stereocenters. The maximum atomic E-state index is 12.4. The lowest BCUT2D eigenvalue weighted by Crippen LogP contribution is -2.35. The van der Waals surface area contributed by atoms with Crippen LogP contribution in [0, 0.1) is 11.8 Å². The normalized spacial score (nSPS) is 21.0. The summed E-state index contributed by atoms with van der Waals surface area (Å²) in [6.45, 7) is 3.81. The van der Waals surface area contributed by atoms with Gasteiger partial charge in [-0.3, -0.25) is 4.79 Å². The predicted molar refractivity (Wildman–Crippen MR) is 99.9 cm³/mol. The van der Waals surface area contributed by atoms with Crippen LogP contribution in [0.15, 0.2) is 36.5 Å². The average molecular weight is 326 g/mol. The minimum Gasteiger partial charge on any atom is -0.354 e. The molecule has 1 N–H and O–H groups in total. The van der Waals surface area contributed by atoms with Gasteiger partial charge in [0.2, 0.25) is 5.91 Å². The zero-order valence-corrected chi connectivity index (χ0v) is 14.8. The molecular weight excluding hydrogens is 296 g/mol. The average Bonchev–Trinajstić information content (AvgIpc) is 3.03. The van der Waals surface area contributed by atoms with E-state index in [9.17, 15) is 4.79 Å². The molecule has 130 valence electrons. The molecule has 1 fully saturated rings. The maximum absolute atomic E-state index is 12.4. The Labute approximate surface area is 145 Å². The number of benzene rings is 1. The summed E-state index contributed by atoms with van der Waals surface area (Å²) < 4.78 is 2.22. The number of fused-ring (bicyclic) bond motifs is 1. The van der Waals surface area contributed by atoms with Crippen molar-refractivity contribution < 1.29 is 4.79 Å². The summed E-state index contributed by atoms with van der Waals surface area (Å²) >= 11 is 0. The number of carbonyl (C=O) groups excluding carboxylic acids is 1. The van der Waals surface area contributed by atoms with Gasteiger partial charge >= 0.3 is 0 Å². The monoisotopic (exact) mass is 326 g/mol. The molecule has 1 aromatic heterocycles. The molecule has 0 atom stereocenters. The first kappa shape index (κ1) is 17.1. The van der Waals surface area contributed by atoms with E-state index in [1.807, 2.05) is 0 Å². The van der Waals surface area contributed by atoms with E-state index in [-0.39, 0.29) is 11.8 Å². The fourth-order valence-corrected chi connectivity index (χ4v) is 3.99. The van der Waals surface area contributed by atoms with E-state index in [1.165, 1.54) is 43.0 Å². The van der Waals surface area contributed by atoms with Crippen LogP contribution >= 0.6 is 0 Å². The Bertz CT molecular complexity index is 653. The Kier molecular flexibility index (Phi) is 5.95. The van der Waals surface area contributed by atoms with E-state index in [0.29, 0.717) is 6.54 Å². The first-order valence-corrected chi connectivity index (χ1v) is 9.59. The third-order valence-corrected chi connectivity index (χ3v) is 5.52. The van der Waals surface area contributed by atoms with Crippen LogP contribution in [0.1, 0.15) is 51.9 Å². The molecule has 0 aliphatic heterocycles. The van der Waals surface area contributed by atoms with Crippen molar-refractivity contribution in [3.63, 3.8) is 0 Å². The van der Waals surface area contributed by atoms with Crippen LogP contribution in [0.3, 0.4) is 0 Å². The van der Waals surface area contributed by atoms with Crippen molar-refractivity contribution >= 4 is 16.8 Å². The summed E-state index contributed by atoms with van der Waals surface area (Å²) in [7, 11) is 0. The van der Waals surface area contributed by atoms with Gasteiger partial charge in [0.1, 0.15) is 0 Å². The maximum Gasteiger partial charge on any atom is 0.223 e. The Morgan fingerprint density at radius 2 is 1.96 bits per heavy atom. The van der Waals surface area contributed by atoms with Gasteiger partial charge in [0.05, 0.1) is 0 Å². The number of carbonyl (C=O) groups is 1. The molecule has 1 amide bonds. The van der Waals surface area contributed by atoms with E-state index < -0.39 is 0 Å². The van der Waals surface area contributed by atoms with Gasteiger partial charge in [0.15, 0.2) is 0 Å². The van der Waals surface area contributed by atoms with Gasteiger partial charge in [-0.1, -0.05) is 44.4 Å². The zero-order chi connectivity index (χ0) is 16.8. The third-order valence-electron chi connectivity index (χ3n) is 5.52. The van der Waals surface area contributed by atoms with E-state index in [4.69, 9.17) is 0 Å². The van der Waals surface area contributed by atoms with Crippen LogP contribution < -0.4 is 5.32 Å². The Morgan fingerprint density at radius 3 is 2.75 bits per heavy atom. The molecule has 3 heteroatoms. The molecule has 1 aromatic carbocycles. The van der Waals surface area contributed by atoms with Gasteiger partial charge in [-0.25, -0.2) is 0 Å². The number of aromatic nitrogens is 1. The minimum atomic E-state index is 0.240. The van der Waals surface area contributed by atoms with Crippen LogP contribution in [0.4, 0.5) is 0 Å². The van der Waals surface area contributed by atoms with Crippen molar-refractivity contribution in [2.75, 3.05) is 6.54 Å². The minimum absolute atomic E-state index is 0.240. The lowest BCUT2D eigenvalue weighted by Gasteiger charge is -2.27. The Balaban J connectivity index is 1.42. The Morgan fingerprint density at radius 1 is 1.17 bits per heavy atom. The number of amides is 1. The molecule has 1 aliphatic carbocycles. The summed E-state index contributed by atoms with van der Waals surface area (Å²) in [6, 6.07) is 10.5. The highest BCUT2D eigenvalue weighted by Gasteiger charge is 2.25. The van der Waals surface area contributed by atoms with Gasteiger partial charge in [-0.2, -0.15) is 0 Å². The molecule has 24 heavy (non-hydrogen) atoms. The number of nitrogens with zero attached hydrogens (tertiary/aromatic N) is 1. The molecule has 0 spiro atoms. The highest BCUT2D eigenvalue weighted by Crippen LogP contribution is 2.31. The summed E-state index contributed by atoms with van der Waals surface area (Å²) in [5.74, 6) is 1.37. The first-order chi connectivity index (χ1) is 11.8. The molecule has 1 saturated carbocycles. The lowest BCUT2D eigenvalue weighted by molar-refractivity contribution is -0.126. The van der Waals surface area contributed by atoms with E-state index >= 15 is 0 Å². The molecule has 3 rings (SSSR count). The molecule has 0 radical (unpaired) electrons. The fraction of sp³-hybridized carbons (Fsp3) is 0.571. The quantitative estimate of drug-likeness (QED) is 0.782. The smallest absolute Gasteiger partial charge is 0.223 e. The number of hydrogen-bond donors (Lipinski definition) is 1. The van der Waals surface area contributed by atoms with Crippen molar-refractivity contribution in [3.05, 3.63) is 36.5 Å². The summed E-state index contributed by atoms with van der Waals surface area (Å²) in [5, 5.41) is 4.41.